The zero-order chi connectivity index (χ0) is 17.4. The molecule has 1 amide bonds. The first-order valence-electron chi connectivity index (χ1n) is 9.74. The molecule has 2 saturated heterocycles. The molecule has 3 unspecified atom stereocenters. The summed E-state index contributed by atoms with van der Waals surface area (Å²) in [5.74, 6) is 1.21. The van der Waals surface area contributed by atoms with Crippen molar-refractivity contribution in [3.63, 3.8) is 0 Å². The summed E-state index contributed by atoms with van der Waals surface area (Å²) < 4.78 is 11.4. The molecule has 6 heteroatoms. The Balaban J connectivity index is 1.40. The van der Waals surface area contributed by atoms with Crippen LogP contribution in [0.25, 0.3) is 0 Å². The zero-order valence-corrected chi connectivity index (χ0v) is 15.3. The van der Waals surface area contributed by atoms with Crippen molar-refractivity contribution < 1.29 is 13.9 Å². The van der Waals surface area contributed by atoms with Gasteiger partial charge in [-0.1, -0.05) is 6.42 Å². The fourth-order valence-corrected chi connectivity index (χ4v) is 4.40. The molecule has 0 bridgehead atoms. The minimum Gasteiger partial charge on any atom is -0.448 e. The van der Waals surface area contributed by atoms with Crippen molar-refractivity contribution in [1.29, 1.82) is 0 Å². The van der Waals surface area contributed by atoms with Gasteiger partial charge in [-0.05, 0) is 39.5 Å². The third kappa shape index (κ3) is 3.60. The van der Waals surface area contributed by atoms with Gasteiger partial charge in [-0.25, -0.2) is 4.98 Å². The summed E-state index contributed by atoms with van der Waals surface area (Å²) in [6.07, 6.45) is 7.72. The van der Waals surface area contributed by atoms with Crippen molar-refractivity contribution in [1.82, 2.24) is 14.8 Å². The van der Waals surface area contributed by atoms with Crippen molar-refractivity contribution in [3.8, 4) is 0 Å². The molecular formula is C19H29N3O3. The number of aromatic nitrogens is 1. The Labute approximate surface area is 149 Å². The minimum absolute atomic E-state index is 0.0335. The van der Waals surface area contributed by atoms with Crippen molar-refractivity contribution in [2.45, 2.75) is 70.1 Å². The van der Waals surface area contributed by atoms with Crippen LogP contribution >= 0.6 is 0 Å². The first-order chi connectivity index (χ1) is 12.1. The molecule has 0 aromatic carbocycles. The number of rotatable bonds is 4. The lowest BCUT2D eigenvalue weighted by Gasteiger charge is -2.38. The van der Waals surface area contributed by atoms with Crippen LogP contribution in [0.5, 0.6) is 0 Å². The van der Waals surface area contributed by atoms with Crippen LogP contribution in [-0.2, 0) is 4.74 Å². The Kier molecular flexibility index (Phi) is 4.82. The smallest absolute Gasteiger partial charge is 0.276 e. The second-order valence-electron chi connectivity index (χ2n) is 7.97. The van der Waals surface area contributed by atoms with Crippen LogP contribution in [0.3, 0.4) is 0 Å². The van der Waals surface area contributed by atoms with Crippen LogP contribution in [-0.4, -0.2) is 65.1 Å². The Morgan fingerprint density at radius 1 is 1.20 bits per heavy atom. The fourth-order valence-electron chi connectivity index (χ4n) is 4.40. The lowest BCUT2D eigenvalue weighted by molar-refractivity contribution is -0.0715. The highest BCUT2D eigenvalue weighted by Gasteiger charge is 2.34. The molecule has 2 aliphatic heterocycles. The van der Waals surface area contributed by atoms with Gasteiger partial charge in [0, 0.05) is 38.1 Å². The van der Waals surface area contributed by atoms with Crippen LogP contribution < -0.4 is 0 Å². The van der Waals surface area contributed by atoms with Gasteiger partial charge >= 0.3 is 0 Å². The maximum absolute atomic E-state index is 12.9. The minimum atomic E-state index is 0.0335. The quantitative estimate of drug-likeness (QED) is 0.838. The van der Waals surface area contributed by atoms with Crippen LogP contribution in [0.1, 0.15) is 68.2 Å². The molecule has 3 fully saturated rings. The van der Waals surface area contributed by atoms with Gasteiger partial charge in [-0.2, -0.15) is 0 Å². The number of oxazole rings is 1. The summed E-state index contributed by atoms with van der Waals surface area (Å²) in [7, 11) is 0. The van der Waals surface area contributed by atoms with Gasteiger partial charge in [0.05, 0.1) is 12.2 Å². The van der Waals surface area contributed by atoms with Gasteiger partial charge in [0.25, 0.3) is 5.91 Å². The van der Waals surface area contributed by atoms with E-state index in [0.717, 1.165) is 57.8 Å². The predicted molar refractivity (Wildman–Crippen MR) is 93.6 cm³/mol. The second kappa shape index (κ2) is 7.08. The van der Waals surface area contributed by atoms with Gasteiger partial charge in [0.2, 0.25) is 0 Å². The second-order valence-corrected chi connectivity index (χ2v) is 7.97. The molecule has 3 aliphatic rings. The topological polar surface area (TPSA) is 58.8 Å². The number of hydrogen-bond donors (Lipinski definition) is 0. The molecule has 3 heterocycles. The van der Waals surface area contributed by atoms with Crippen LogP contribution in [0, 0.1) is 0 Å². The number of carbonyl (C=O) groups excluding carboxylic acids is 1. The average molecular weight is 347 g/mol. The van der Waals surface area contributed by atoms with Gasteiger partial charge in [-0.15, -0.1) is 0 Å². The van der Waals surface area contributed by atoms with E-state index in [9.17, 15) is 4.79 Å². The highest BCUT2D eigenvalue weighted by molar-refractivity contribution is 5.92. The number of morpholine rings is 1. The lowest BCUT2D eigenvalue weighted by Crippen LogP contribution is -2.51. The van der Waals surface area contributed by atoms with Crippen molar-refractivity contribution in [2.24, 2.45) is 0 Å². The molecule has 6 nitrogen and oxygen atoms in total. The Morgan fingerprint density at radius 3 is 2.64 bits per heavy atom. The third-order valence-electron chi connectivity index (χ3n) is 5.80. The third-order valence-corrected chi connectivity index (χ3v) is 5.80. The molecule has 0 N–H and O–H groups in total. The highest BCUT2D eigenvalue weighted by atomic mass is 16.5. The maximum atomic E-state index is 12.9. The molecule has 25 heavy (non-hydrogen) atoms. The summed E-state index contributed by atoms with van der Waals surface area (Å²) in [6.45, 7) is 7.88. The van der Waals surface area contributed by atoms with Crippen molar-refractivity contribution in [3.05, 3.63) is 17.8 Å². The Bertz CT molecular complexity index is 603. The van der Waals surface area contributed by atoms with E-state index in [-0.39, 0.29) is 24.2 Å². The molecule has 1 aliphatic carbocycles. The number of ether oxygens (including phenoxy) is 1. The number of likely N-dealkylation sites (tertiary alicyclic amines) is 1. The van der Waals surface area contributed by atoms with E-state index < -0.39 is 0 Å². The molecule has 1 saturated carbocycles. The van der Waals surface area contributed by atoms with E-state index in [1.807, 2.05) is 4.90 Å². The Hall–Kier alpha value is -1.40. The molecule has 0 spiro atoms. The monoisotopic (exact) mass is 347 g/mol. The van der Waals surface area contributed by atoms with E-state index in [1.165, 1.54) is 6.42 Å². The molecule has 0 radical (unpaired) electrons. The first kappa shape index (κ1) is 17.0. The summed E-state index contributed by atoms with van der Waals surface area (Å²) >= 11 is 0. The molecule has 138 valence electrons. The SMILES string of the molecule is CC1CN(CC2CCCN2C(=O)c2coc(C3CCC3)n2)CC(C)O1. The summed E-state index contributed by atoms with van der Waals surface area (Å²) in [6, 6.07) is 0.272. The molecule has 3 atom stereocenters. The maximum Gasteiger partial charge on any atom is 0.276 e. The van der Waals surface area contributed by atoms with E-state index in [4.69, 9.17) is 9.15 Å². The van der Waals surface area contributed by atoms with Gasteiger partial charge in [0.15, 0.2) is 11.6 Å². The largest absolute Gasteiger partial charge is 0.448 e. The number of hydrogen-bond acceptors (Lipinski definition) is 5. The number of amides is 1. The summed E-state index contributed by atoms with van der Waals surface area (Å²) in [5, 5.41) is 0. The van der Waals surface area contributed by atoms with E-state index in [1.54, 1.807) is 6.26 Å². The molecule has 1 aromatic heterocycles. The van der Waals surface area contributed by atoms with Crippen LogP contribution in [0.15, 0.2) is 10.7 Å². The first-order valence-corrected chi connectivity index (χ1v) is 9.74. The highest BCUT2D eigenvalue weighted by Crippen LogP contribution is 2.35. The molecule has 1 aromatic rings. The van der Waals surface area contributed by atoms with Crippen molar-refractivity contribution >= 4 is 5.91 Å². The standard InChI is InChI=1S/C19H29N3O3/c1-13-9-21(10-14(2)25-13)11-16-7-4-8-22(16)19(23)17-12-24-18(20-17)15-5-3-6-15/h12-16H,3-11H2,1-2H3. The summed E-state index contributed by atoms with van der Waals surface area (Å²) in [4.78, 5) is 21.9. The average Bonchev–Trinajstić information content (AvgIpc) is 3.13. The molecular weight excluding hydrogens is 318 g/mol. The summed E-state index contributed by atoms with van der Waals surface area (Å²) in [5.41, 5.74) is 0.484. The number of nitrogens with zero attached hydrogens (tertiary/aromatic N) is 3. The van der Waals surface area contributed by atoms with Gasteiger partial charge in [0.1, 0.15) is 6.26 Å². The zero-order valence-electron chi connectivity index (χ0n) is 15.3. The van der Waals surface area contributed by atoms with E-state index in [0.29, 0.717) is 11.6 Å². The predicted octanol–water partition coefficient (Wildman–Crippen LogP) is 2.66. The fraction of sp³-hybridized carbons (Fsp3) is 0.789. The lowest BCUT2D eigenvalue weighted by atomic mass is 9.85. The van der Waals surface area contributed by atoms with Gasteiger partial charge < -0.3 is 14.1 Å². The normalized spacial score (nSPS) is 31.3. The van der Waals surface area contributed by atoms with Gasteiger partial charge in [-0.3, -0.25) is 9.69 Å². The Morgan fingerprint density at radius 2 is 1.96 bits per heavy atom. The van der Waals surface area contributed by atoms with Crippen molar-refractivity contribution in [2.75, 3.05) is 26.2 Å². The van der Waals surface area contributed by atoms with E-state index >= 15 is 0 Å². The number of carbonyl (C=O) groups is 1. The van der Waals surface area contributed by atoms with Crippen LogP contribution in [0.4, 0.5) is 0 Å². The molecule has 4 rings (SSSR count). The van der Waals surface area contributed by atoms with E-state index in [2.05, 4.69) is 23.7 Å². The van der Waals surface area contributed by atoms with Crippen LogP contribution in [0.2, 0.25) is 0 Å².